The summed E-state index contributed by atoms with van der Waals surface area (Å²) in [4.78, 5) is 22.8. The van der Waals surface area contributed by atoms with Crippen molar-refractivity contribution in [2.24, 2.45) is 5.10 Å². The van der Waals surface area contributed by atoms with E-state index >= 15 is 0 Å². The molecule has 0 saturated heterocycles. The molecule has 0 aromatic heterocycles. The van der Waals surface area contributed by atoms with Gasteiger partial charge < -0.3 is 10.1 Å². The standard InChI is InChI=1S/C19H17Cl2N3O3/c1-2-9-22-18(25)19(26)24-23-11-13-7-8-17(16(21)10-13)27-12-14-5-3-4-6-15(14)20/h2-8,10-11H,1,9,12H2,(H,22,25)(H,24,26)/b23-11-. The molecule has 2 rings (SSSR count). The van der Waals surface area contributed by atoms with Crippen LogP contribution in [0.25, 0.3) is 0 Å². The summed E-state index contributed by atoms with van der Waals surface area (Å²) in [6, 6.07) is 12.4. The Morgan fingerprint density at radius 3 is 2.59 bits per heavy atom. The number of hydrazone groups is 1. The summed E-state index contributed by atoms with van der Waals surface area (Å²) in [6.45, 7) is 3.91. The number of carbonyl (C=O) groups is 2. The maximum absolute atomic E-state index is 11.5. The van der Waals surface area contributed by atoms with E-state index in [1.807, 2.05) is 18.2 Å². The number of rotatable bonds is 7. The van der Waals surface area contributed by atoms with Crippen LogP contribution in [0.3, 0.4) is 0 Å². The number of carbonyl (C=O) groups excluding carboxylic acids is 2. The molecule has 0 heterocycles. The third-order valence-electron chi connectivity index (χ3n) is 3.29. The van der Waals surface area contributed by atoms with Crippen LogP contribution in [0.4, 0.5) is 0 Å². The molecule has 140 valence electrons. The summed E-state index contributed by atoms with van der Waals surface area (Å²) in [5.41, 5.74) is 3.59. The van der Waals surface area contributed by atoms with E-state index < -0.39 is 11.8 Å². The minimum Gasteiger partial charge on any atom is -0.487 e. The molecule has 2 amide bonds. The molecule has 0 aliphatic carbocycles. The number of nitrogens with one attached hydrogen (secondary N) is 2. The molecule has 2 N–H and O–H groups in total. The first-order valence-corrected chi connectivity index (χ1v) is 8.64. The van der Waals surface area contributed by atoms with Crippen molar-refractivity contribution in [1.29, 1.82) is 0 Å². The van der Waals surface area contributed by atoms with E-state index in [0.29, 0.717) is 21.4 Å². The highest BCUT2D eigenvalue weighted by Crippen LogP contribution is 2.26. The lowest BCUT2D eigenvalue weighted by Crippen LogP contribution is -2.37. The fraction of sp³-hybridized carbons (Fsp3) is 0.105. The number of halogens is 2. The third-order valence-corrected chi connectivity index (χ3v) is 3.95. The molecule has 0 aliphatic rings. The Hall–Kier alpha value is -2.83. The maximum atomic E-state index is 11.5. The van der Waals surface area contributed by atoms with E-state index in [9.17, 15) is 9.59 Å². The van der Waals surface area contributed by atoms with Crippen LogP contribution < -0.4 is 15.5 Å². The van der Waals surface area contributed by atoms with Crippen LogP contribution >= 0.6 is 23.2 Å². The molecule has 0 atom stereocenters. The number of nitrogens with zero attached hydrogens (tertiary/aromatic N) is 1. The van der Waals surface area contributed by atoms with Gasteiger partial charge in [-0.3, -0.25) is 9.59 Å². The predicted octanol–water partition coefficient (Wildman–Crippen LogP) is 3.32. The molecule has 0 spiro atoms. The van der Waals surface area contributed by atoms with Crippen LogP contribution in [0.1, 0.15) is 11.1 Å². The van der Waals surface area contributed by atoms with Crippen LogP contribution in [0.2, 0.25) is 10.0 Å². The summed E-state index contributed by atoms with van der Waals surface area (Å²) >= 11 is 12.3. The van der Waals surface area contributed by atoms with E-state index in [1.54, 1.807) is 24.3 Å². The molecule has 0 radical (unpaired) electrons. The Morgan fingerprint density at radius 1 is 1.11 bits per heavy atom. The van der Waals surface area contributed by atoms with Gasteiger partial charge in [0.2, 0.25) is 0 Å². The second kappa shape index (κ2) is 10.4. The van der Waals surface area contributed by atoms with Crippen LogP contribution in [-0.4, -0.2) is 24.6 Å². The van der Waals surface area contributed by atoms with Crippen molar-refractivity contribution in [2.45, 2.75) is 6.61 Å². The maximum Gasteiger partial charge on any atom is 0.329 e. The topological polar surface area (TPSA) is 79.8 Å². The van der Waals surface area contributed by atoms with Gasteiger partial charge >= 0.3 is 11.8 Å². The zero-order valence-electron chi connectivity index (χ0n) is 14.2. The Labute approximate surface area is 166 Å². The van der Waals surface area contributed by atoms with Gasteiger partial charge in [-0.05, 0) is 29.8 Å². The van der Waals surface area contributed by atoms with Gasteiger partial charge in [-0.15, -0.1) is 6.58 Å². The number of hydrogen-bond donors (Lipinski definition) is 2. The number of amides is 2. The second-order valence-electron chi connectivity index (χ2n) is 5.27. The van der Waals surface area contributed by atoms with Crippen molar-refractivity contribution in [1.82, 2.24) is 10.7 Å². The first kappa shape index (κ1) is 20.5. The van der Waals surface area contributed by atoms with E-state index in [1.165, 1.54) is 12.3 Å². The molecule has 0 fully saturated rings. The van der Waals surface area contributed by atoms with E-state index in [4.69, 9.17) is 27.9 Å². The molecule has 2 aromatic carbocycles. The molecular formula is C19H17Cl2N3O3. The quantitative estimate of drug-likeness (QED) is 0.321. The zero-order chi connectivity index (χ0) is 19.6. The van der Waals surface area contributed by atoms with Crippen LogP contribution in [0.5, 0.6) is 5.75 Å². The van der Waals surface area contributed by atoms with Crippen LogP contribution in [0.15, 0.2) is 60.2 Å². The average Bonchev–Trinajstić information content (AvgIpc) is 2.66. The van der Waals surface area contributed by atoms with Crippen molar-refractivity contribution < 1.29 is 14.3 Å². The molecule has 0 unspecified atom stereocenters. The second-order valence-corrected chi connectivity index (χ2v) is 6.08. The highest BCUT2D eigenvalue weighted by atomic mass is 35.5. The first-order chi connectivity index (χ1) is 13.0. The number of ether oxygens (including phenoxy) is 1. The highest BCUT2D eigenvalue weighted by molar-refractivity contribution is 6.35. The van der Waals surface area contributed by atoms with E-state index in [0.717, 1.165) is 5.56 Å². The van der Waals surface area contributed by atoms with Gasteiger partial charge in [0, 0.05) is 17.1 Å². The molecule has 27 heavy (non-hydrogen) atoms. The fourth-order valence-corrected chi connectivity index (χ4v) is 2.38. The van der Waals surface area contributed by atoms with Gasteiger partial charge in [0.25, 0.3) is 0 Å². The summed E-state index contributed by atoms with van der Waals surface area (Å²) in [5, 5.41) is 7.05. The van der Waals surface area contributed by atoms with Crippen molar-refractivity contribution in [2.75, 3.05) is 6.54 Å². The molecule has 0 bridgehead atoms. The minimum atomic E-state index is -0.876. The third kappa shape index (κ3) is 6.44. The van der Waals surface area contributed by atoms with Gasteiger partial charge in [-0.25, -0.2) is 5.43 Å². The highest BCUT2D eigenvalue weighted by Gasteiger charge is 2.10. The minimum absolute atomic E-state index is 0.196. The largest absolute Gasteiger partial charge is 0.487 e. The summed E-state index contributed by atoms with van der Waals surface area (Å²) < 4.78 is 5.68. The van der Waals surface area contributed by atoms with Gasteiger partial charge in [0.1, 0.15) is 12.4 Å². The molecule has 6 nitrogen and oxygen atoms in total. The molecule has 8 heteroatoms. The molecular weight excluding hydrogens is 389 g/mol. The lowest BCUT2D eigenvalue weighted by atomic mass is 10.2. The monoisotopic (exact) mass is 405 g/mol. The van der Waals surface area contributed by atoms with Crippen LogP contribution in [-0.2, 0) is 16.2 Å². The van der Waals surface area contributed by atoms with Crippen LogP contribution in [0, 0.1) is 0 Å². The Balaban J connectivity index is 1.92. The van der Waals surface area contributed by atoms with Gasteiger partial charge in [0.05, 0.1) is 11.2 Å². The SMILES string of the molecule is C=CCNC(=O)C(=O)N/N=C\c1ccc(OCc2ccccc2Cl)c(Cl)c1. The normalized spacial score (nSPS) is 10.4. The Bertz CT molecular complexity index is 869. The molecule has 0 aliphatic heterocycles. The van der Waals surface area contributed by atoms with Gasteiger partial charge in [-0.2, -0.15) is 5.10 Å². The van der Waals surface area contributed by atoms with Crippen molar-refractivity contribution in [3.8, 4) is 5.75 Å². The summed E-state index contributed by atoms with van der Waals surface area (Å²) in [7, 11) is 0. The predicted molar refractivity (Wildman–Crippen MR) is 106 cm³/mol. The number of benzene rings is 2. The summed E-state index contributed by atoms with van der Waals surface area (Å²) in [6.07, 6.45) is 2.83. The van der Waals surface area contributed by atoms with Crippen molar-refractivity contribution >= 4 is 41.2 Å². The Kier molecular flexibility index (Phi) is 7.85. The Morgan fingerprint density at radius 2 is 1.89 bits per heavy atom. The number of hydrogen-bond acceptors (Lipinski definition) is 4. The fourth-order valence-electron chi connectivity index (χ4n) is 1.95. The molecule has 0 saturated carbocycles. The molecule has 2 aromatic rings. The van der Waals surface area contributed by atoms with Gasteiger partial charge in [-0.1, -0.05) is 47.5 Å². The van der Waals surface area contributed by atoms with E-state index in [-0.39, 0.29) is 13.2 Å². The van der Waals surface area contributed by atoms with Crippen molar-refractivity contribution in [3.63, 3.8) is 0 Å². The van der Waals surface area contributed by atoms with Crippen molar-refractivity contribution in [3.05, 3.63) is 76.3 Å². The van der Waals surface area contributed by atoms with Gasteiger partial charge in [0.15, 0.2) is 0 Å². The first-order valence-electron chi connectivity index (χ1n) is 7.89. The average molecular weight is 406 g/mol. The lowest BCUT2D eigenvalue weighted by molar-refractivity contribution is -0.139. The lowest BCUT2D eigenvalue weighted by Gasteiger charge is -2.09. The van der Waals surface area contributed by atoms with E-state index in [2.05, 4.69) is 22.4 Å². The summed E-state index contributed by atoms with van der Waals surface area (Å²) in [5.74, 6) is -1.19. The zero-order valence-corrected chi connectivity index (χ0v) is 15.8. The smallest absolute Gasteiger partial charge is 0.329 e.